The fourth-order valence-electron chi connectivity index (χ4n) is 2.39. The highest BCUT2D eigenvalue weighted by atomic mass is 35.5. The average Bonchev–Trinajstić information content (AvgIpc) is 3.21. The largest absolute Gasteiger partial charge is 0.419 e. The van der Waals surface area contributed by atoms with Crippen LogP contribution in [-0.2, 0) is 17.8 Å². The van der Waals surface area contributed by atoms with E-state index in [9.17, 15) is 4.79 Å². The standard InChI is InChI=1S/C17H18ClN5O2/c1-3-23-14(10-11(2)22-23)17-21-20-16(25-17)9-8-15(24)19-13-6-4-12(18)5-7-13/h4-7,10H,3,8-9H2,1-2H3,(H,19,24). The van der Waals surface area contributed by atoms with Gasteiger partial charge in [0, 0.05) is 30.1 Å². The third-order valence-electron chi connectivity index (χ3n) is 3.58. The molecule has 25 heavy (non-hydrogen) atoms. The highest BCUT2D eigenvalue weighted by Crippen LogP contribution is 2.20. The van der Waals surface area contributed by atoms with Crippen molar-refractivity contribution in [3.05, 3.63) is 46.9 Å². The lowest BCUT2D eigenvalue weighted by Gasteiger charge is -2.03. The molecule has 130 valence electrons. The number of amides is 1. The summed E-state index contributed by atoms with van der Waals surface area (Å²) in [5.41, 5.74) is 2.37. The molecule has 7 nitrogen and oxygen atoms in total. The summed E-state index contributed by atoms with van der Waals surface area (Å²) in [5, 5.41) is 15.8. The van der Waals surface area contributed by atoms with Gasteiger partial charge in [-0.05, 0) is 44.2 Å². The predicted molar refractivity (Wildman–Crippen MR) is 94.3 cm³/mol. The molecule has 2 aromatic heterocycles. The Morgan fingerprint density at radius 2 is 2.04 bits per heavy atom. The van der Waals surface area contributed by atoms with Gasteiger partial charge in [0.1, 0.15) is 5.69 Å². The molecule has 3 aromatic rings. The van der Waals surface area contributed by atoms with Crippen molar-refractivity contribution >= 4 is 23.2 Å². The first-order valence-electron chi connectivity index (χ1n) is 7.97. The van der Waals surface area contributed by atoms with Crippen molar-refractivity contribution in [3.63, 3.8) is 0 Å². The summed E-state index contributed by atoms with van der Waals surface area (Å²) in [7, 11) is 0. The number of anilines is 1. The Hall–Kier alpha value is -2.67. The molecule has 1 N–H and O–H groups in total. The van der Waals surface area contributed by atoms with E-state index in [-0.39, 0.29) is 12.3 Å². The molecule has 0 fully saturated rings. The smallest absolute Gasteiger partial charge is 0.265 e. The molecular weight excluding hydrogens is 342 g/mol. The van der Waals surface area contributed by atoms with Gasteiger partial charge in [0.2, 0.25) is 11.8 Å². The molecule has 8 heteroatoms. The number of aryl methyl sites for hydroxylation is 3. The number of hydrogen-bond acceptors (Lipinski definition) is 5. The zero-order valence-electron chi connectivity index (χ0n) is 14.0. The van der Waals surface area contributed by atoms with Gasteiger partial charge in [-0.25, -0.2) is 0 Å². The predicted octanol–water partition coefficient (Wildman–Crippen LogP) is 3.49. The van der Waals surface area contributed by atoms with Crippen LogP contribution < -0.4 is 5.32 Å². The Morgan fingerprint density at radius 1 is 1.28 bits per heavy atom. The number of hydrogen-bond donors (Lipinski definition) is 1. The number of carbonyl (C=O) groups is 1. The number of aromatic nitrogens is 4. The highest BCUT2D eigenvalue weighted by molar-refractivity contribution is 6.30. The van der Waals surface area contributed by atoms with E-state index in [2.05, 4.69) is 20.6 Å². The normalized spacial score (nSPS) is 10.8. The van der Waals surface area contributed by atoms with Gasteiger partial charge in [-0.1, -0.05) is 11.6 Å². The fraction of sp³-hybridized carbons (Fsp3) is 0.294. The molecule has 0 aliphatic rings. The second-order valence-corrected chi connectivity index (χ2v) is 5.98. The second kappa shape index (κ2) is 7.48. The molecular formula is C17H18ClN5O2. The van der Waals surface area contributed by atoms with Gasteiger partial charge in [0.25, 0.3) is 5.89 Å². The zero-order chi connectivity index (χ0) is 17.8. The molecule has 0 saturated heterocycles. The minimum Gasteiger partial charge on any atom is -0.419 e. The molecule has 0 saturated carbocycles. The minimum absolute atomic E-state index is 0.128. The number of nitrogens with zero attached hydrogens (tertiary/aromatic N) is 4. The van der Waals surface area contributed by atoms with Crippen LogP contribution in [0, 0.1) is 6.92 Å². The van der Waals surface area contributed by atoms with Crippen LogP contribution in [0.25, 0.3) is 11.6 Å². The first-order chi connectivity index (χ1) is 12.0. The summed E-state index contributed by atoms with van der Waals surface area (Å²) in [6, 6.07) is 8.84. The van der Waals surface area contributed by atoms with E-state index in [0.29, 0.717) is 35.5 Å². The monoisotopic (exact) mass is 359 g/mol. The van der Waals surface area contributed by atoms with E-state index in [1.54, 1.807) is 28.9 Å². The number of halogens is 1. The third-order valence-corrected chi connectivity index (χ3v) is 3.83. The summed E-state index contributed by atoms with van der Waals surface area (Å²) in [4.78, 5) is 12.0. The topological polar surface area (TPSA) is 85.8 Å². The van der Waals surface area contributed by atoms with E-state index >= 15 is 0 Å². The van der Waals surface area contributed by atoms with E-state index in [1.165, 1.54) is 0 Å². The van der Waals surface area contributed by atoms with Gasteiger partial charge in [0.15, 0.2) is 0 Å². The SMILES string of the molecule is CCn1nc(C)cc1-c1nnc(CCC(=O)Nc2ccc(Cl)cc2)o1. The Bertz CT molecular complexity index is 870. The van der Waals surface area contributed by atoms with Crippen LogP contribution in [0.15, 0.2) is 34.7 Å². The minimum atomic E-state index is -0.128. The summed E-state index contributed by atoms with van der Waals surface area (Å²) >= 11 is 5.82. The lowest BCUT2D eigenvalue weighted by molar-refractivity contribution is -0.116. The van der Waals surface area contributed by atoms with Crippen LogP contribution in [0.1, 0.15) is 24.9 Å². The maximum absolute atomic E-state index is 12.0. The van der Waals surface area contributed by atoms with Crippen molar-refractivity contribution < 1.29 is 9.21 Å². The number of rotatable bonds is 6. The van der Waals surface area contributed by atoms with Gasteiger partial charge in [-0.3, -0.25) is 9.48 Å². The zero-order valence-corrected chi connectivity index (χ0v) is 14.7. The first kappa shape index (κ1) is 17.2. The molecule has 2 heterocycles. The Balaban J connectivity index is 1.59. The molecule has 0 spiro atoms. The van der Waals surface area contributed by atoms with Crippen LogP contribution in [0.3, 0.4) is 0 Å². The second-order valence-electron chi connectivity index (χ2n) is 5.54. The van der Waals surface area contributed by atoms with E-state index in [0.717, 1.165) is 11.4 Å². The van der Waals surface area contributed by atoms with E-state index < -0.39 is 0 Å². The average molecular weight is 360 g/mol. The quantitative estimate of drug-likeness (QED) is 0.728. The fourth-order valence-corrected chi connectivity index (χ4v) is 2.52. The van der Waals surface area contributed by atoms with Crippen molar-refractivity contribution in [2.75, 3.05) is 5.32 Å². The van der Waals surface area contributed by atoms with Gasteiger partial charge >= 0.3 is 0 Å². The maximum Gasteiger partial charge on any atom is 0.265 e. The highest BCUT2D eigenvalue weighted by Gasteiger charge is 2.15. The molecule has 0 atom stereocenters. The first-order valence-corrected chi connectivity index (χ1v) is 8.35. The van der Waals surface area contributed by atoms with Crippen molar-refractivity contribution in [1.29, 1.82) is 0 Å². The number of carbonyl (C=O) groups excluding carboxylic acids is 1. The molecule has 0 unspecified atom stereocenters. The molecule has 0 radical (unpaired) electrons. The van der Waals surface area contributed by atoms with Gasteiger partial charge in [0.05, 0.1) is 5.69 Å². The van der Waals surface area contributed by atoms with Gasteiger partial charge in [-0.2, -0.15) is 5.10 Å². The van der Waals surface area contributed by atoms with E-state index in [1.807, 2.05) is 19.9 Å². The van der Waals surface area contributed by atoms with Crippen molar-refractivity contribution in [3.8, 4) is 11.6 Å². The molecule has 1 aromatic carbocycles. The van der Waals surface area contributed by atoms with Crippen molar-refractivity contribution in [2.45, 2.75) is 33.2 Å². The van der Waals surface area contributed by atoms with Crippen LogP contribution in [0.2, 0.25) is 5.02 Å². The van der Waals surface area contributed by atoms with Gasteiger partial charge < -0.3 is 9.73 Å². The molecule has 1 amide bonds. The Kier molecular flexibility index (Phi) is 5.14. The van der Waals surface area contributed by atoms with Crippen LogP contribution in [0.5, 0.6) is 0 Å². The Morgan fingerprint density at radius 3 is 2.76 bits per heavy atom. The van der Waals surface area contributed by atoms with Crippen LogP contribution in [0.4, 0.5) is 5.69 Å². The molecule has 0 aliphatic carbocycles. The Labute approximate surface area is 150 Å². The lowest BCUT2D eigenvalue weighted by Crippen LogP contribution is -2.12. The molecule has 0 aliphatic heterocycles. The maximum atomic E-state index is 12.0. The van der Waals surface area contributed by atoms with Crippen LogP contribution in [-0.4, -0.2) is 25.9 Å². The molecule has 0 bridgehead atoms. The van der Waals surface area contributed by atoms with Crippen molar-refractivity contribution in [1.82, 2.24) is 20.0 Å². The van der Waals surface area contributed by atoms with E-state index in [4.69, 9.17) is 16.0 Å². The summed E-state index contributed by atoms with van der Waals surface area (Å²) in [5.74, 6) is 0.704. The summed E-state index contributed by atoms with van der Waals surface area (Å²) in [6.07, 6.45) is 0.613. The number of nitrogens with one attached hydrogen (secondary N) is 1. The van der Waals surface area contributed by atoms with Crippen LogP contribution >= 0.6 is 11.6 Å². The summed E-state index contributed by atoms with van der Waals surface area (Å²) in [6.45, 7) is 4.62. The number of benzene rings is 1. The van der Waals surface area contributed by atoms with Crippen molar-refractivity contribution in [2.24, 2.45) is 0 Å². The molecule has 3 rings (SSSR count). The summed E-state index contributed by atoms with van der Waals surface area (Å²) < 4.78 is 7.47. The third kappa shape index (κ3) is 4.24. The van der Waals surface area contributed by atoms with Gasteiger partial charge in [-0.15, -0.1) is 10.2 Å². The lowest BCUT2D eigenvalue weighted by atomic mass is 10.2.